The molecule has 0 unspecified atom stereocenters. The average Bonchev–Trinajstić information content (AvgIpc) is 2.70. The van der Waals surface area contributed by atoms with Gasteiger partial charge in [0.15, 0.2) is 6.61 Å². The van der Waals surface area contributed by atoms with Crippen LogP contribution in [0.4, 0.5) is 0 Å². The summed E-state index contributed by atoms with van der Waals surface area (Å²) in [4.78, 5) is 27.1. The fourth-order valence-electron chi connectivity index (χ4n) is 3.23. The maximum absolute atomic E-state index is 13.1. The van der Waals surface area contributed by atoms with Crippen molar-refractivity contribution in [2.75, 3.05) is 13.2 Å². The minimum Gasteiger partial charge on any atom is -0.483 e. The number of nitrogens with one attached hydrogen (secondary N) is 1. The predicted octanol–water partition coefficient (Wildman–Crippen LogP) is 4.22. The highest BCUT2D eigenvalue weighted by Crippen LogP contribution is 2.31. The zero-order chi connectivity index (χ0) is 22.3. The summed E-state index contributed by atoms with van der Waals surface area (Å²) in [6.45, 7) is 12.7. The quantitative estimate of drug-likeness (QED) is 0.709. The summed E-state index contributed by atoms with van der Waals surface area (Å²) in [7, 11) is 0. The fraction of sp³-hybridized carbons (Fsp3) is 0.440. The molecule has 1 N–H and O–H groups in total. The predicted molar refractivity (Wildman–Crippen MR) is 121 cm³/mol. The summed E-state index contributed by atoms with van der Waals surface area (Å²) in [5.74, 6) is 0.297. The molecule has 2 aromatic rings. The Bertz CT molecular complexity index is 853. The Labute approximate surface area is 180 Å². The van der Waals surface area contributed by atoms with Crippen LogP contribution in [0.3, 0.4) is 0 Å². The number of hydrogen-bond acceptors (Lipinski definition) is 3. The van der Waals surface area contributed by atoms with Gasteiger partial charge in [-0.05, 0) is 43.4 Å². The Kier molecular flexibility index (Phi) is 8.04. The van der Waals surface area contributed by atoms with Gasteiger partial charge in [-0.25, -0.2) is 0 Å². The number of carbonyl (C=O) groups is 2. The molecule has 0 aliphatic rings. The number of nitrogens with zero attached hydrogens (tertiary/aromatic N) is 1. The molecular formula is C25H34N2O3. The van der Waals surface area contributed by atoms with Gasteiger partial charge in [-0.2, -0.15) is 0 Å². The largest absolute Gasteiger partial charge is 0.483 e. The molecule has 0 aliphatic carbocycles. The van der Waals surface area contributed by atoms with Crippen LogP contribution in [0.1, 0.15) is 51.3 Å². The van der Waals surface area contributed by atoms with Gasteiger partial charge in [0.1, 0.15) is 11.8 Å². The van der Waals surface area contributed by atoms with Crippen LogP contribution >= 0.6 is 0 Å². The van der Waals surface area contributed by atoms with Crippen molar-refractivity contribution in [1.82, 2.24) is 10.2 Å². The van der Waals surface area contributed by atoms with Gasteiger partial charge in [-0.1, -0.05) is 68.8 Å². The highest BCUT2D eigenvalue weighted by atomic mass is 16.5. The molecule has 0 heterocycles. The van der Waals surface area contributed by atoms with Crippen molar-refractivity contribution in [3.05, 3.63) is 65.2 Å². The molecule has 5 heteroatoms. The molecule has 1 atom stereocenters. The normalized spacial score (nSPS) is 12.2. The van der Waals surface area contributed by atoms with Crippen LogP contribution < -0.4 is 10.1 Å². The van der Waals surface area contributed by atoms with Crippen molar-refractivity contribution >= 4 is 11.8 Å². The summed E-state index contributed by atoms with van der Waals surface area (Å²) >= 11 is 0. The number of ether oxygens (including phenoxy) is 1. The lowest BCUT2D eigenvalue weighted by molar-refractivity contribution is -0.142. The standard InChI is InChI=1S/C25H34N2O3/c1-7-26-24(29)19(3)27(16-20-14-12-18(2)13-15-20)23(28)17-30-22-11-9-8-10-21(22)25(4,5)6/h8-15,19H,7,16-17H2,1-6H3,(H,26,29)/t19-/m1/s1. The van der Waals surface area contributed by atoms with Gasteiger partial charge in [-0.15, -0.1) is 0 Å². The van der Waals surface area contributed by atoms with E-state index in [1.165, 1.54) is 0 Å². The molecule has 30 heavy (non-hydrogen) atoms. The van der Waals surface area contributed by atoms with E-state index in [1.54, 1.807) is 11.8 Å². The third-order valence-electron chi connectivity index (χ3n) is 5.04. The molecule has 0 saturated heterocycles. The number of likely N-dealkylation sites (N-methyl/N-ethyl adjacent to an activating group) is 1. The third kappa shape index (κ3) is 6.34. The molecule has 0 bridgehead atoms. The Morgan fingerprint density at radius 2 is 1.70 bits per heavy atom. The second-order valence-electron chi connectivity index (χ2n) is 8.61. The third-order valence-corrected chi connectivity index (χ3v) is 5.04. The maximum Gasteiger partial charge on any atom is 0.261 e. The summed E-state index contributed by atoms with van der Waals surface area (Å²) < 4.78 is 5.93. The Balaban J connectivity index is 2.20. The van der Waals surface area contributed by atoms with Gasteiger partial charge in [0, 0.05) is 13.1 Å². The average molecular weight is 411 g/mol. The molecular weight excluding hydrogens is 376 g/mol. The molecule has 2 rings (SSSR count). The van der Waals surface area contributed by atoms with Crippen LogP contribution in [0.5, 0.6) is 5.75 Å². The van der Waals surface area contributed by atoms with Gasteiger partial charge < -0.3 is 15.0 Å². The van der Waals surface area contributed by atoms with Crippen LogP contribution in [0.2, 0.25) is 0 Å². The van der Waals surface area contributed by atoms with E-state index in [2.05, 4.69) is 26.1 Å². The van der Waals surface area contributed by atoms with Gasteiger partial charge in [0.25, 0.3) is 5.91 Å². The monoisotopic (exact) mass is 410 g/mol. The minimum absolute atomic E-state index is 0.102. The minimum atomic E-state index is -0.597. The number of rotatable bonds is 8. The number of benzene rings is 2. The van der Waals surface area contributed by atoms with E-state index < -0.39 is 6.04 Å². The van der Waals surface area contributed by atoms with Crippen molar-refractivity contribution in [1.29, 1.82) is 0 Å². The topological polar surface area (TPSA) is 58.6 Å². The molecule has 0 aliphatic heterocycles. The molecule has 0 spiro atoms. The van der Waals surface area contributed by atoms with E-state index in [4.69, 9.17) is 4.74 Å². The summed E-state index contributed by atoms with van der Waals surface area (Å²) in [5, 5.41) is 2.80. The van der Waals surface area contributed by atoms with Crippen molar-refractivity contribution in [2.45, 2.75) is 59.5 Å². The molecule has 5 nitrogen and oxygen atoms in total. The van der Waals surface area contributed by atoms with E-state index in [9.17, 15) is 9.59 Å². The number of amides is 2. The smallest absolute Gasteiger partial charge is 0.261 e. The zero-order valence-corrected chi connectivity index (χ0v) is 19.0. The SMILES string of the molecule is CCNC(=O)[C@@H](C)N(Cc1ccc(C)cc1)C(=O)COc1ccccc1C(C)(C)C. The molecule has 0 fully saturated rings. The van der Waals surface area contributed by atoms with Crippen LogP contribution in [0, 0.1) is 6.92 Å². The Morgan fingerprint density at radius 3 is 2.30 bits per heavy atom. The van der Waals surface area contributed by atoms with Crippen molar-refractivity contribution < 1.29 is 14.3 Å². The highest BCUT2D eigenvalue weighted by Gasteiger charge is 2.27. The van der Waals surface area contributed by atoms with Gasteiger partial charge in [-0.3, -0.25) is 9.59 Å². The second-order valence-corrected chi connectivity index (χ2v) is 8.61. The number of carbonyl (C=O) groups excluding carboxylic acids is 2. The first kappa shape index (κ1) is 23.5. The number of aryl methyl sites for hydroxylation is 1. The maximum atomic E-state index is 13.1. The van der Waals surface area contributed by atoms with Crippen LogP contribution in [0.15, 0.2) is 48.5 Å². The van der Waals surface area contributed by atoms with Crippen LogP contribution in [0.25, 0.3) is 0 Å². The number of para-hydroxylation sites is 1. The molecule has 2 amide bonds. The van der Waals surface area contributed by atoms with Crippen molar-refractivity contribution in [2.24, 2.45) is 0 Å². The number of hydrogen-bond donors (Lipinski definition) is 1. The van der Waals surface area contributed by atoms with Gasteiger partial charge >= 0.3 is 0 Å². The van der Waals surface area contributed by atoms with E-state index >= 15 is 0 Å². The lowest BCUT2D eigenvalue weighted by Crippen LogP contribution is -2.49. The van der Waals surface area contributed by atoms with E-state index in [-0.39, 0.29) is 23.8 Å². The van der Waals surface area contributed by atoms with Crippen molar-refractivity contribution in [3.63, 3.8) is 0 Å². The van der Waals surface area contributed by atoms with Gasteiger partial charge in [0.2, 0.25) is 5.91 Å². The van der Waals surface area contributed by atoms with Crippen molar-refractivity contribution in [3.8, 4) is 5.75 Å². The molecule has 0 aromatic heterocycles. The van der Waals surface area contributed by atoms with E-state index in [1.807, 2.05) is 62.4 Å². The first-order valence-corrected chi connectivity index (χ1v) is 10.5. The van der Waals surface area contributed by atoms with Gasteiger partial charge in [0.05, 0.1) is 0 Å². The molecule has 2 aromatic carbocycles. The first-order valence-electron chi connectivity index (χ1n) is 10.5. The molecule has 0 saturated carbocycles. The fourth-order valence-corrected chi connectivity index (χ4v) is 3.23. The van der Waals surface area contributed by atoms with Crippen LogP contribution in [-0.2, 0) is 21.5 Å². The first-order chi connectivity index (χ1) is 14.1. The summed E-state index contributed by atoms with van der Waals surface area (Å²) in [6.07, 6.45) is 0. The lowest BCUT2D eigenvalue weighted by atomic mass is 9.86. The summed E-state index contributed by atoms with van der Waals surface area (Å²) in [5.41, 5.74) is 3.06. The zero-order valence-electron chi connectivity index (χ0n) is 19.0. The molecule has 0 radical (unpaired) electrons. The van der Waals surface area contributed by atoms with E-state index in [0.717, 1.165) is 16.7 Å². The summed E-state index contributed by atoms with van der Waals surface area (Å²) in [6, 6.07) is 15.1. The Hall–Kier alpha value is -2.82. The molecule has 162 valence electrons. The lowest BCUT2D eigenvalue weighted by Gasteiger charge is -2.29. The Morgan fingerprint density at radius 1 is 1.07 bits per heavy atom. The second kappa shape index (κ2) is 10.3. The van der Waals surface area contributed by atoms with Crippen LogP contribution in [-0.4, -0.2) is 35.9 Å². The van der Waals surface area contributed by atoms with E-state index in [0.29, 0.717) is 18.8 Å². The highest BCUT2D eigenvalue weighted by molar-refractivity contribution is 5.87.